The molecule has 0 radical (unpaired) electrons. The lowest BCUT2D eigenvalue weighted by molar-refractivity contribution is -0.132. The lowest BCUT2D eigenvalue weighted by Gasteiger charge is -2.34. The lowest BCUT2D eigenvalue weighted by atomic mass is 10.1. The molecular weight excluding hydrogens is 399 g/mol. The minimum atomic E-state index is -0.342. The van der Waals surface area contributed by atoms with E-state index in [4.69, 9.17) is 14.2 Å². The van der Waals surface area contributed by atoms with Crippen LogP contribution in [0, 0.1) is 5.82 Å². The van der Waals surface area contributed by atoms with E-state index in [1.54, 1.807) is 25.3 Å². The highest BCUT2D eigenvalue weighted by atomic mass is 19.1. The average Bonchev–Trinajstić information content (AvgIpc) is 2.80. The number of amides is 1. The van der Waals surface area contributed by atoms with E-state index in [1.165, 1.54) is 6.07 Å². The highest BCUT2D eigenvalue weighted by molar-refractivity contribution is 5.76. The highest BCUT2D eigenvalue weighted by Crippen LogP contribution is 2.16. The third-order valence-electron chi connectivity index (χ3n) is 5.33. The van der Waals surface area contributed by atoms with Crippen LogP contribution in [-0.2, 0) is 16.0 Å². The minimum absolute atomic E-state index is 0.183. The second kappa shape index (κ2) is 12.3. The molecule has 1 heterocycles. The Bertz CT molecular complexity index is 807. The molecule has 31 heavy (non-hydrogen) atoms. The van der Waals surface area contributed by atoms with Crippen molar-refractivity contribution < 1.29 is 23.4 Å². The Labute approximate surface area is 183 Å². The Morgan fingerprint density at radius 1 is 0.935 bits per heavy atom. The summed E-state index contributed by atoms with van der Waals surface area (Å²) in [6.45, 7) is 5.27. The Kier molecular flexibility index (Phi) is 9.12. The molecule has 0 aromatic heterocycles. The zero-order valence-corrected chi connectivity index (χ0v) is 18.1. The molecular formula is C24H31FN2O4. The van der Waals surface area contributed by atoms with E-state index < -0.39 is 0 Å². The van der Waals surface area contributed by atoms with E-state index in [0.29, 0.717) is 45.8 Å². The van der Waals surface area contributed by atoms with Gasteiger partial charge in [0.15, 0.2) is 11.6 Å². The summed E-state index contributed by atoms with van der Waals surface area (Å²) in [7, 11) is 1.64. The van der Waals surface area contributed by atoms with Crippen LogP contribution < -0.4 is 9.47 Å². The molecule has 1 aliphatic heterocycles. The van der Waals surface area contributed by atoms with Crippen LogP contribution in [0.4, 0.5) is 4.39 Å². The Hall–Kier alpha value is -2.64. The second-order valence-corrected chi connectivity index (χ2v) is 7.49. The zero-order valence-electron chi connectivity index (χ0n) is 18.1. The van der Waals surface area contributed by atoms with Crippen molar-refractivity contribution >= 4 is 5.91 Å². The Morgan fingerprint density at radius 3 is 2.39 bits per heavy atom. The molecule has 1 saturated heterocycles. The molecule has 0 aliphatic carbocycles. The van der Waals surface area contributed by atoms with Crippen LogP contribution >= 0.6 is 0 Å². The molecule has 7 heteroatoms. The first kappa shape index (κ1) is 23.0. The van der Waals surface area contributed by atoms with Gasteiger partial charge in [0.05, 0.1) is 6.61 Å². The minimum Gasteiger partial charge on any atom is -0.491 e. The number of rotatable bonds is 11. The fourth-order valence-corrected chi connectivity index (χ4v) is 3.47. The molecule has 1 fully saturated rings. The number of carbonyl (C=O) groups excluding carboxylic acids is 1. The van der Waals surface area contributed by atoms with E-state index in [9.17, 15) is 9.18 Å². The summed E-state index contributed by atoms with van der Waals surface area (Å²) in [5, 5.41) is 0. The maximum Gasteiger partial charge on any atom is 0.222 e. The van der Waals surface area contributed by atoms with Gasteiger partial charge in [0, 0.05) is 46.3 Å². The average molecular weight is 431 g/mol. The van der Waals surface area contributed by atoms with Crippen LogP contribution in [-0.4, -0.2) is 75.4 Å². The standard InChI is InChI=1S/C24H31FN2O4/c1-29-18-19-30-21-9-6-20(7-10-21)8-11-24(28)27-14-12-26(13-15-27)16-17-31-23-5-3-2-4-22(23)25/h2-7,9-10H,8,11-19H2,1H3. The van der Waals surface area contributed by atoms with Gasteiger partial charge in [-0.2, -0.15) is 0 Å². The molecule has 1 aliphatic rings. The summed E-state index contributed by atoms with van der Waals surface area (Å²) < 4.78 is 29.6. The normalized spacial score (nSPS) is 14.5. The van der Waals surface area contributed by atoms with E-state index in [0.717, 1.165) is 30.9 Å². The predicted octanol–water partition coefficient (Wildman–Crippen LogP) is 3.01. The number of aryl methyl sites for hydroxylation is 1. The zero-order chi connectivity index (χ0) is 21.9. The molecule has 0 bridgehead atoms. The molecule has 0 spiro atoms. The SMILES string of the molecule is COCCOc1ccc(CCC(=O)N2CCN(CCOc3ccccc3F)CC2)cc1. The lowest BCUT2D eigenvalue weighted by Crippen LogP contribution is -2.49. The molecule has 168 valence electrons. The number of ether oxygens (including phenoxy) is 3. The summed E-state index contributed by atoms with van der Waals surface area (Å²) in [4.78, 5) is 16.7. The molecule has 6 nitrogen and oxygen atoms in total. The molecule has 0 unspecified atom stereocenters. The second-order valence-electron chi connectivity index (χ2n) is 7.49. The van der Waals surface area contributed by atoms with Gasteiger partial charge in [-0.25, -0.2) is 4.39 Å². The molecule has 1 amide bonds. The third-order valence-corrected chi connectivity index (χ3v) is 5.33. The highest BCUT2D eigenvalue weighted by Gasteiger charge is 2.20. The number of piperazine rings is 1. The summed E-state index contributed by atoms with van der Waals surface area (Å²) >= 11 is 0. The summed E-state index contributed by atoms with van der Waals surface area (Å²) in [6, 6.07) is 14.3. The third kappa shape index (κ3) is 7.52. The monoisotopic (exact) mass is 430 g/mol. The maximum atomic E-state index is 13.6. The fraction of sp³-hybridized carbons (Fsp3) is 0.458. The quantitative estimate of drug-likeness (QED) is 0.513. The first-order valence-electron chi connectivity index (χ1n) is 10.7. The number of methoxy groups -OCH3 is 1. The molecule has 2 aromatic rings. The van der Waals surface area contributed by atoms with Gasteiger partial charge in [0.2, 0.25) is 5.91 Å². The predicted molar refractivity (Wildman–Crippen MR) is 117 cm³/mol. The van der Waals surface area contributed by atoms with Crippen LogP contribution in [0.5, 0.6) is 11.5 Å². The van der Waals surface area contributed by atoms with Crippen molar-refractivity contribution in [1.82, 2.24) is 9.80 Å². The Balaban J connectivity index is 1.32. The number of hydrogen-bond acceptors (Lipinski definition) is 5. The first-order valence-corrected chi connectivity index (χ1v) is 10.7. The molecule has 3 rings (SSSR count). The number of nitrogens with zero attached hydrogens (tertiary/aromatic N) is 2. The number of benzene rings is 2. The molecule has 0 N–H and O–H groups in total. The van der Waals surface area contributed by atoms with Crippen LogP contribution in [0.2, 0.25) is 0 Å². The smallest absolute Gasteiger partial charge is 0.222 e. The van der Waals surface area contributed by atoms with Crippen molar-refractivity contribution in [2.75, 3.05) is 59.7 Å². The van der Waals surface area contributed by atoms with Crippen molar-refractivity contribution in [2.45, 2.75) is 12.8 Å². The van der Waals surface area contributed by atoms with Crippen LogP contribution in [0.1, 0.15) is 12.0 Å². The van der Waals surface area contributed by atoms with Gasteiger partial charge in [0.1, 0.15) is 19.0 Å². The fourth-order valence-electron chi connectivity index (χ4n) is 3.47. The first-order chi connectivity index (χ1) is 15.2. The van der Waals surface area contributed by atoms with Gasteiger partial charge < -0.3 is 19.1 Å². The van der Waals surface area contributed by atoms with Crippen LogP contribution in [0.25, 0.3) is 0 Å². The van der Waals surface area contributed by atoms with E-state index in [2.05, 4.69) is 4.90 Å². The van der Waals surface area contributed by atoms with Gasteiger partial charge >= 0.3 is 0 Å². The van der Waals surface area contributed by atoms with Gasteiger partial charge in [-0.05, 0) is 36.2 Å². The van der Waals surface area contributed by atoms with Crippen molar-refractivity contribution in [1.29, 1.82) is 0 Å². The summed E-state index contributed by atoms with van der Waals surface area (Å²) in [6.07, 6.45) is 1.22. The Morgan fingerprint density at radius 2 is 1.68 bits per heavy atom. The summed E-state index contributed by atoms with van der Waals surface area (Å²) in [5.74, 6) is 0.932. The van der Waals surface area contributed by atoms with Crippen molar-refractivity contribution in [3.63, 3.8) is 0 Å². The van der Waals surface area contributed by atoms with Crippen molar-refractivity contribution in [2.24, 2.45) is 0 Å². The van der Waals surface area contributed by atoms with Gasteiger partial charge in [-0.3, -0.25) is 9.69 Å². The van der Waals surface area contributed by atoms with Gasteiger partial charge in [-0.15, -0.1) is 0 Å². The number of hydrogen-bond donors (Lipinski definition) is 0. The topological polar surface area (TPSA) is 51.2 Å². The molecule has 0 saturated carbocycles. The van der Waals surface area contributed by atoms with Gasteiger partial charge in [0.25, 0.3) is 0 Å². The van der Waals surface area contributed by atoms with Crippen LogP contribution in [0.15, 0.2) is 48.5 Å². The van der Waals surface area contributed by atoms with Crippen molar-refractivity contribution in [3.8, 4) is 11.5 Å². The van der Waals surface area contributed by atoms with Gasteiger partial charge in [-0.1, -0.05) is 24.3 Å². The van der Waals surface area contributed by atoms with Crippen LogP contribution in [0.3, 0.4) is 0 Å². The van der Waals surface area contributed by atoms with Crippen molar-refractivity contribution in [3.05, 3.63) is 59.9 Å². The number of carbonyl (C=O) groups is 1. The van der Waals surface area contributed by atoms with E-state index in [-0.39, 0.29) is 17.5 Å². The number of halogens is 1. The van der Waals surface area contributed by atoms with E-state index >= 15 is 0 Å². The summed E-state index contributed by atoms with van der Waals surface area (Å²) in [5.41, 5.74) is 1.12. The maximum absolute atomic E-state index is 13.6. The number of para-hydroxylation sites is 1. The largest absolute Gasteiger partial charge is 0.491 e. The molecule has 2 aromatic carbocycles. The molecule has 0 atom stereocenters. The van der Waals surface area contributed by atoms with E-state index in [1.807, 2.05) is 29.2 Å².